The molecule has 2 N–H and O–H groups in total. The Morgan fingerprint density at radius 3 is 2.43 bits per heavy atom. The number of hydrogen-bond donors (Lipinski definition) is 2. The molecule has 28 heavy (non-hydrogen) atoms. The molecule has 0 aliphatic rings. The zero-order chi connectivity index (χ0) is 20.7. The highest BCUT2D eigenvalue weighted by molar-refractivity contribution is 7.89. The fourth-order valence-corrected chi connectivity index (χ4v) is 5.14. The predicted molar refractivity (Wildman–Crippen MR) is 101 cm³/mol. The van der Waals surface area contributed by atoms with Crippen LogP contribution < -0.4 is 4.72 Å². The molecule has 0 bridgehead atoms. The number of aryl methyl sites for hydroxylation is 3. The summed E-state index contributed by atoms with van der Waals surface area (Å²) in [7, 11) is -4.37. The van der Waals surface area contributed by atoms with Gasteiger partial charge in [0.15, 0.2) is 0 Å². The zero-order valence-corrected chi connectivity index (χ0v) is 16.4. The standard InChI is InChI=1S/C19H20F3N3O2S/c1-11-7-12(2)17(13(3)8-11)28(26,27)25-16(19(20,21)22)9-14-10-24-18-15(14)5-4-6-23-18/h4-8,10,16,25H,9H2,1-3H3,(H,23,24). The molecule has 1 aromatic carbocycles. The van der Waals surface area contributed by atoms with Crippen molar-refractivity contribution in [1.82, 2.24) is 14.7 Å². The van der Waals surface area contributed by atoms with Gasteiger partial charge in [0.1, 0.15) is 11.7 Å². The molecule has 5 nitrogen and oxygen atoms in total. The number of alkyl halides is 3. The average Bonchev–Trinajstić information content (AvgIpc) is 2.95. The second-order valence-electron chi connectivity index (χ2n) is 6.86. The number of nitrogens with zero attached hydrogens (tertiary/aromatic N) is 1. The highest BCUT2D eigenvalue weighted by Crippen LogP contribution is 2.29. The summed E-state index contributed by atoms with van der Waals surface area (Å²) in [6.07, 6.45) is -2.35. The van der Waals surface area contributed by atoms with E-state index in [0.717, 1.165) is 5.56 Å². The number of pyridine rings is 1. The molecule has 1 atom stereocenters. The maximum atomic E-state index is 13.7. The molecule has 3 rings (SSSR count). The third-order valence-electron chi connectivity index (χ3n) is 4.53. The number of nitrogens with one attached hydrogen (secondary N) is 2. The van der Waals surface area contributed by atoms with Crippen LogP contribution in [0.4, 0.5) is 13.2 Å². The van der Waals surface area contributed by atoms with Gasteiger partial charge in [-0.15, -0.1) is 0 Å². The molecule has 0 aliphatic heterocycles. The summed E-state index contributed by atoms with van der Waals surface area (Å²) in [5.74, 6) is 0. The van der Waals surface area contributed by atoms with Crippen molar-refractivity contribution in [2.75, 3.05) is 0 Å². The van der Waals surface area contributed by atoms with Crippen molar-refractivity contribution < 1.29 is 21.6 Å². The van der Waals surface area contributed by atoms with E-state index in [1.807, 2.05) is 4.72 Å². The first-order valence-corrected chi connectivity index (χ1v) is 10.1. The Morgan fingerprint density at radius 1 is 1.18 bits per heavy atom. The van der Waals surface area contributed by atoms with Gasteiger partial charge >= 0.3 is 6.18 Å². The molecule has 0 radical (unpaired) electrons. The van der Waals surface area contributed by atoms with Crippen LogP contribution in [0.1, 0.15) is 22.3 Å². The van der Waals surface area contributed by atoms with Crippen LogP contribution in [0.3, 0.4) is 0 Å². The monoisotopic (exact) mass is 411 g/mol. The second kappa shape index (κ2) is 7.21. The second-order valence-corrected chi connectivity index (χ2v) is 8.51. The topological polar surface area (TPSA) is 74.8 Å². The van der Waals surface area contributed by atoms with Crippen molar-refractivity contribution in [3.63, 3.8) is 0 Å². The minimum absolute atomic E-state index is 0.118. The summed E-state index contributed by atoms with van der Waals surface area (Å²) < 4.78 is 68.5. The van der Waals surface area contributed by atoms with Gasteiger partial charge in [-0.3, -0.25) is 0 Å². The van der Waals surface area contributed by atoms with Crippen molar-refractivity contribution in [1.29, 1.82) is 0 Å². The van der Waals surface area contributed by atoms with Gasteiger partial charge in [0.05, 0.1) is 4.90 Å². The SMILES string of the molecule is Cc1cc(C)c(S(=O)(=O)NC(Cc2c[nH]c3ncccc23)C(F)(F)F)c(C)c1. The number of sulfonamides is 1. The lowest BCUT2D eigenvalue weighted by atomic mass is 10.1. The molecule has 1 unspecified atom stereocenters. The molecule has 0 amide bonds. The fourth-order valence-electron chi connectivity index (χ4n) is 3.46. The van der Waals surface area contributed by atoms with Crippen molar-refractivity contribution in [3.05, 3.63) is 58.9 Å². The minimum atomic E-state index is -4.76. The molecule has 150 valence electrons. The van der Waals surface area contributed by atoms with Gasteiger partial charge in [-0.2, -0.15) is 17.9 Å². The maximum Gasteiger partial charge on any atom is 0.405 e. The summed E-state index contributed by atoms with van der Waals surface area (Å²) >= 11 is 0. The van der Waals surface area contributed by atoms with Crippen LogP contribution in [0.25, 0.3) is 11.0 Å². The quantitative estimate of drug-likeness (QED) is 0.668. The molecule has 9 heteroatoms. The molecular formula is C19H20F3N3O2S. The number of fused-ring (bicyclic) bond motifs is 1. The Kier molecular flexibility index (Phi) is 5.24. The number of rotatable bonds is 5. The summed E-state index contributed by atoms with van der Waals surface area (Å²) in [5, 5.41) is 0.527. The molecule has 0 saturated carbocycles. The molecule has 0 saturated heterocycles. The molecule has 2 heterocycles. The minimum Gasteiger partial charge on any atom is -0.346 e. The van der Waals surface area contributed by atoms with Crippen LogP contribution in [0.15, 0.2) is 41.6 Å². The molecule has 0 aliphatic carbocycles. The lowest BCUT2D eigenvalue weighted by Gasteiger charge is -2.23. The van der Waals surface area contributed by atoms with E-state index in [4.69, 9.17) is 0 Å². The lowest BCUT2D eigenvalue weighted by molar-refractivity contribution is -0.150. The number of benzene rings is 1. The van der Waals surface area contributed by atoms with Gasteiger partial charge in [0.2, 0.25) is 10.0 Å². The maximum absolute atomic E-state index is 13.7. The van der Waals surface area contributed by atoms with Crippen molar-refractivity contribution in [2.45, 2.75) is 44.3 Å². The number of halogens is 3. The highest BCUT2D eigenvalue weighted by atomic mass is 32.2. The van der Waals surface area contributed by atoms with Crippen LogP contribution in [0.5, 0.6) is 0 Å². The van der Waals surface area contributed by atoms with Crippen LogP contribution in [0, 0.1) is 20.8 Å². The van der Waals surface area contributed by atoms with Gasteiger partial charge in [-0.25, -0.2) is 13.4 Å². The van der Waals surface area contributed by atoms with Crippen LogP contribution >= 0.6 is 0 Å². The Morgan fingerprint density at radius 2 is 1.82 bits per heavy atom. The summed E-state index contributed by atoms with van der Waals surface area (Å²) in [6, 6.07) is 4.26. The van der Waals surface area contributed by atoms with Crippen molar-refractivity contribution in [2.24, 2.45) is 0 Å². The van der Waals surface area contributed by atoms with Gasteiger partial charge < -0.3 is 4.98 Å². The van der Waals surface area contributed by atoms with E-state index in [9.17, 15) is 21.6 Å². The largest absolute Gasteiger partial charge is 0.405 e. The first-order chi connectivity index (χ1) is 13.0. The third kappa shape index (κ3) is 4.05. The number of aromatic amines is 1. The highest BCUT2D eigenvalue weighted by Gasteiger charge is 2.43. The van der Waals surface area contributed by atoms with Crippen LogP contribution in [-0.2, 0) is 16.4 Å². The van der Waals surface area contributed by atoms with Crippen molar-refractivity contribution >= 4 is 21.1 Å². The first kappa shape index (κ1) is 20.3. The first-order valence-electron chi connectivity index (χ1n) is 8.57. The van der Waals surface area contributed by atoms with E-state index < -0.39 is 28.7 Å². The molecule has 0 spiro atoms. The van der Waals surface area contributed by atoms with Gasteiger partial charge in [-0.1, -0.05) is 17.7 Å². The number of hydrogen-bond acceptors (Lipinski definition) is 3. The molecular weight excluding hydrogens is 391 g/mol. The number of H-pyrrole nitrogens is 1. The van der Waals surface area contributed by atoms with Crippen LogP contribution in [-0.4, -0.2) is 30.6 Å². The van der Waals surface area contributed by atoms with Gasteiger partial charge in [0.25, 0.3) is 0 Å². The molecule has 2 aromatic heterocycles. The molecule has 0 fully saturated rings. The Bertz CT molecular complexity index is 1100. The van der Waals surface area contributed by atoms with Crippen LogP contribution in [0.2, 0.25) is 0 Å². The zero-order valence-electron chi connectivity index (χ0n) is 15.6. The van der Waals surface area contributed by atoms with E-state index in [1.165, 1.54) is 12.4 Å². The van der Waals surface area contributed by atoms with E-state index in [1.54, 1.807) is 45.0 Å². The normalized spacial score (nSPS) is 13.8. The van der Waals surface area contributed by atoms with E-state index in [2.05, 4.69) is 9.97 Å². The summed E-state index contributed by atoms with van der Waals surface area (Å²) in [5.41, 5.74) is 2.44. The lowest BCUT2D eigenvalue weighted by Crippen LogP contribution is -2.47. The fraction of sp³-hybridized carbons (Fsp3) is 0.316. The van der Waals surface area contributed by atoms with E-state index in [0.29, 0.717) is 27.7 Å². The predicted octanol–water partition coefficient (Wildman–Crippen LogP) is 3.94. The van der Waals surface area contributed by atoms with Gasteiger partial charge in [-0.05, 0) is 56.0 Å². The summed E-state index contributed by atoms with van der Waals surface area (Å²) in [4.78, 5) is 6.74. The Hall–Kier alpha value is -2.39. The smallest absolute Gasteiger partial charge is 0.346 e. The van der Waals surface area contributed by atoms with Crippen molar-refractivity contribution in [3.8, 4) is 0 Å². The number of aromatic nitrogens is 2. The van der Waals surface area contributed by atoms with E-state index in [-0.39, 0.29) is 4.90 Å². The Balaban J connectivity index is 1.98. The van der Waals surface area contributed by atoms with Gasteiger partial charge in [0, 0.05) is 17.8 Å². The Labute approximate surface area is 161 Å². The van der Waals surface area contributed by atoms with E-state index >= 15 is 0 Å². The third-order valence-corrected chi connectivity index (χ3v) is 6.30. The summed E-state index contributed by atoms with van der Waals surface area (Å²) in [6.45, 7) is 4.94. The average molecular weight is 411 g/mol. The molecule has 3 aromatic rings.